The molecule has 0 amide bonds. The molecule has 3 aliphatic carbocycles. The van der Waals surface area contributed by atoms with E-state index in [1.807, 2.05) is 0 Å². The third-order valence-corrected chi connectivity index (χ3v) is 6.22. The maximum Gasteiger partial charge on any atom is 0.0639 e. The molecule has 0 bridgehead atoms. The van der Waals surface area contributed by atoms with E-state index in [0.717, 1.165) is 19.3 Å². The summed E-state index contributed by atoms with van der Waals surface area (Å²) < 4.78 is 0. The first-order valence-corrected chi connectivity index (χ1v) is 9.75. The summed E-state index contributed by atoms with van der Waals surface area (Å²) in [6.45, 7) is 2.34. The van der Waals surface area contributed by atoms with E-state index in [0.29, 0.717) is 5.92 Å². The second-order valence-electron chi connectivity index (χ2n) is 7.75. The van der Waals surface area contributed by atoms with Crippen molar-refractivity contribution in [3.05, 3.63) is 113 Å². The van der Waals surface area contributed by atoms with Gasteiger partial charge in [-0.25, -0.2) is 0 Å². The van der Waals surface area contributed by atoms with Crippen LogP contribution >= 0.6 is 0 Å². The van der Waals surface area contributed by atoms with Crippen LogP contribution in [0.1, 0.15) is 42.9 Å². The van der Waals surface area contributed by atoms with E-state index >= 15 is 0 Å². The first-order chi connectivity index (χ1) is 12.8. The van der Waals surface area contributed by atoms with Crippen molar-refractivity contribution in [3.63, 3.8) is 0 Å². The topological polar surface area (TPSA) is 0 Å². The predicted molar refractivity (Wildman–Crippen MR) is 110 cm³/mol. The molecular formula is C26H24. The summed E-state index contributed by atoms with van der Waals surface area (Å²) in [5.41, 5.74) is 8.81. The van der Waals surface area contributed by atoms with E-state index in [-0.39, 0.29) is 5.41 Å². The van der Waals surface area contributed by atoms with Crippen molar-refractivity contribution >= 4 is 5.57 Å². The van der Waals surface area contributed by atoms with Gasteiger partial charge in [0.25, 0.3) is 0 Å². The minimum atomic E-state index is -0.100. The molecule has 26 heavy (non-hydrogen) atoms. The van der Waals surface area contributed by atoms with Gasteiger partial charge in [-0.05, 0) is 53.0 Å². The normalized spacial score (nSPS) is 26.5. The molecule has 2 atom stereocenters. The maximum absolute atomic E-state index is 2.38. The monoisotopic (exact) mass is 336 g/mol. The highest BCUT2D eigenvalue weighted by atomic mass is 14.5. The molecule has 0 heteroatoms. The molecule has 2 aromatic carbocycles. The molecule has 0 aliphatic heterocycles. The van der Waals surface area contributed by atoms with Crippen LogP contribution in [-0.4, -0.2) is 0 Å². The average molecular weight is 336 g/mol. The average Bonchev–Trinajstić information content (AvgIpc) is 3.00. The van der Waals surface area contributed by atoms with Gasteiger partial charge in [0.2, 0.25) is 0 Å². The Morgan fingerprint density at radius 1 is 0.962 bits per heavy atom. The SMILES string of the molecule is CC1C=CC2=C(C1)C(C1=CC=CCC1)(c1ccccc1)c1ccccc12. The number of allylic oxidation sites excluding steroid dienone is 8. The zero-order valence-corrected chi connectivity index (χ0v) is 15.3. The fourth-order valence-corrected chi connectivity index (χ4v) is 5.16. The number of fused-ring (bicyclic) bond motifs is 2. The smallest absolute Gasteiger partial charge is 0.0639 e. The fraction of sp³-hybridized carbons (Fsp3) is 0.231. The largest absolute Gasteiger partial charge is 0.0842 e. The molecule has 5 rings (SSSR count). The van der Waals surface area contributed by atoms with Crippen LogP contribution in [0.5, 0.6) is 0 Å². The van der Waals surface area contributed by atoms with Crippen molar-refractivity contribution in [2.75, 3.05) is 0 Å². The van der Waals surface area contributed by atoms with E-state index in [9.17, 15) is 0 Å². The van der Waals surface area contributed by atoms with Gasteiger partial charge in [0.1, 0.15) is 0 Å². The molecule has 0 saturated heterocycles. The van der Waals surface area contributed by atoms with Crippen LogP contribution in [0.4, 0.5) is 0 Å². The zero-order chi connectivity index (χ0) is 17.6. The highest BCUT2D eigenvalue weighted by Crippen LogP contribution is 2.58. The van der Waals surface area contributed by atoms with Gasteiger partial charge in [0.15, 0.2) is 0 Å². The molecule has 0 radical (unpaired) electrons. The van der Waals surface area contributed by atoms with Gasteiger partial charge < -0.3 is 0 Å². The van der Waals surface area contributed by atoms with Crippen molar-refractivity contribution in [2.45, 2.75) is 31.6 Å². The van der Waals surface area contributed by atoms with Gasteiger partial charge in [0.05, 0.1) is 5.41 Å². The molecule has 0 nitrogen and oxygen atoms in total. The molecule has 0 fully saturated rings. The minimum absolute atomic E-state index is 0.100. The van der Waals surface area contributed by atoms with Crippen molar-refractivity contribution in [2.24, 2.45) is 5.92 Å². The lowest BCUT2D eigenvalue weighted by molar-refractivity contribution is 0.596. The van der Waals surface area contributed by atoms with Crippen molar-refractivity contribution in [3.8, 4) is 0 Å². The standard InChI is InChI=1S/C26H24/c1-19-16-17-23-22-14-8-9-15-24(22)26(25(23)18-19,20-10-4-2-5-11-20)21-12-6-3-7-13-21/h2-6,8-12,14-17,19H,7,13,18H2,1H3. The van der Waals surface area contributed by atoms with E-state index in [4.69, 9.17) is 0 Å². The van der Waals surface area contributed by atoms with Gasteiger partial charge in [-0.1, -0.05) is 97.5 Å². The Balaban J connectivity index is 1.89. The van der Waals surface area contributed by atoms with E-state index in [2.05, 4.69) is 91.9 Å². The van der Waals surface area contributed by atoms with Gasteiger partial charge in [-0.3, -0.25) is 0 Å². The lowest BCUT2D eigenvalue weighted by Crippen LogP contribution is -2.32. The fourth-order valence-electron chi connectivity index (χ4n) is 5.16. The van der Waals surface area contributed by atoms with Crippen LogP contribution in [-0.2, 0) is 5.41 Å². The van der Waals surface area contributed by atoms with Gasteiger partial charge in [0, 0.05) is 0 Å². The minimum Gasteiger partial charge on any atom is -0.0842 e. The highest BCUT2D eigenvalue weighted by Gasteiger charge is 2.48. The first kappa shape index (κ1) is 15.6. The van der Waals surface area contributed by atoms with E-state index < -0.39 is 0 Å². The van der Waals surface area contributed by atoms with Crippen LogP contribution < -0.4 is 0 Å². The molecule has 128 valence electrons. The Kier molecular flexibility index (Phi) is 3.60. The predicted octanol–water partition coefficient (Wildman–Crippen LogP) is 6.61. The second-order valence-corrected chi connectivity index (χ2v) is 7.75. The Hall–Kier alpha value is -2.60. The number of rotatable bonds is 2. The van der Waals surface area contributed by atoms with Crippen LogP contribution in [0.15, 0.2) is 96.1 Å². The summed E-state index contributed by atoms with van der Waals surface area (Å²) in [5, 5.41) is 0. The first-order valence-electron chi connectivity index (χ1n) is 9.75. The molecular weight excluding hydrogens is 312 g/mol. The van der Waals surface area contributed by atoms with Gasteiger partial charge in [-0.2, -0.15) is 0 Å². The molecule has 3 aliphatic rings. The third-order valence-electron chi connectivity index (χ3n) is 6.22. The molecule has 2 aromatic rings. The van der Waals surface area contributed by atoms with Crippen LogP contribution in [0.3, 0.4) is 0 Å². The molecule has 0 saturated carbocycles. The maximum atomic E-state index is 2.38. The molecule has 0 aromatic heterocycles. The number of benzene rings is 2. The molecule has 0 heterocycles. The molecule has 0 N–H and O–H groups in total. The molecule has 2 unspecified atom stereocenters. The van der Waals surface area contributed by atoms with E-state index in [1.165, 1.54) is 22.3 Å². The summed E-state index contributed by atoms with van der Waals surface area (Å²) in [7, 11) is 0. The lowest BCUT2D eigenvalue weighted by Gasteiger charge is -2.39. The van der Waals surface area contributed by atoms with E-state index in [1.54, 1.807) is 11.1 Å². The summed E-state index contributed by atoms with van der Waals surface area (Å²) >= 11 is 0. The Morgan fingerprint density at radius 2 is 1.77 bits per heavy atom. The Morgan fingerprint density at radius 3 is 2.58 bits per heavy atom. The Labute approximate surface area is 156 Å². The van der Waals surface area contributed by atoms with Crippen LogP contribution in [0, 0.1) is 5.92 Å². The third kappa shape index (κ3) is 2.08. The Bertz CT molecular complexity index is 968. The summed E-state index contributed by atoms with van der Waals surface area (Å²) in [4.78, 5) is 0. The van der Waals surface area contributed by atoms with Crippen LogP contribution in [0.2, 0.25) is 0 Å². The molecule has 0 spiro atoms. The number of hydrogen-bond donors (Lipinski definition) is 0. The summed E-state index contributed by atoms with van der Waals surface area (Å²) in [6, 6.07) is 20.2. The van der Waals surface area contributed by atoms with Gasteiger partial charge >= 0.3 is 0 Å². The zero-order valence-electron chi connectivity index (χ0n) is 15.3. The summed E-state index contributed by atoms with van der Waals surface area (Å²) in [5.74, 6) is 0.589. The van der Waals surface area contributed by atoms with Crippen molar-refractivity contribution in [1.82, 2.24) is 0 Å². The van der Waals surface area contributed by atoms with Crippen LogP contribution in [0.25, 0.3) is 5.57 Å². The van der Waals surface area contributed by atoms with Crippen molar-refractivity contribution < 1.29 is 0 Å². The lowest BCUT2D eigenvalue weighted by atomic mass is 9.63. The van der Waals surface area contributed by atoms with Crippen molar-refractivity contribution in [1.29, 1.82) is 0 Å². The highest BCUT2D eigenvalue weighted by molar-refractivity contribution is 5.90. The summed E-state index contributed by atoms with van der Waals surface area (Å²) in [6.07, 6.45) is 15.1. The second kappa shape index (κ2) is 5.99. The quantitative estimate of drug-likeness (QED) is 0.578. The van der Waals surface area contributed by atoms with Gasteiger partial charge in [-0.15, -0.1) is 0 Å². The number of hydrogen-bond acceptors (Lipinski definition) is 0.